The molecule has 0 spiro atoms. The molecule has 4 rings (SSSR count). The van der Waals surface area contributed by atoms with Crippen molar-refractivity contribution in [1.82, 2.24) is 15.0 Å². The van der Waals surface area contributed by atoms with Crippen molar-refractivity contribution in [1.29, 1.82) is 0 Å². The van der Waals surface area contributed by atoms with Gasteiger partial charge in [0.05, 0.1) is 12.1 Å². The lowest BCUT2D eigenvalue weighted by Gasteiger charge is -2.17. The fourth-order valence-corrected chi connectivity index (χ4v) is 3.43. The van der Waals surface area contributed by atoms with E-state index in [1.54, 1.807) is 19.2 Å². The van der Waals surface area contributed by atoms with Crippen LogP contribution in [0.15, 0.2) is 42.5 Å². The fraction of sp³-hybridized carbons (Fsp3) is 0.286. The van der Waals surface area contributed by atoms with Gasteiger partial charge in [0.15, 0.2) is 0 Å². The summed E-state index contributed by atoms with van der Waals surface area (Å²) < 4.78 is 5.21. The van der Waals surface area contributed by atoms with Crippen molar-refractivity contribution < 1.29 is 4.74 Å². The van der Waals surface area contributed by atoms with Crippen LogP contribution < -0.4 is 20.3 Å². The molecule has 0 unspecified atom stereocenters. The van der Waals surface area contributed by atoms with E-state index in [0.717, 1.165) is 37.3 Å². The van der Waals surface area contributed by atoms with E-state index < -0.39 is 0 Å². The third kappa shape index (κ3) is 5.23. The van der Waals surface area contributed by atoms with Gasteiger partial charge in [-0.05, 0) is 50.1 Å². The van der Waals surface area contributed by atoms with Gasteiger partial charge < -0.3 is 20.3 Å². The Kier molecular flexibility index (Phi) is 7.18. The average molecular weight is 447 g/mol. The second-order valence-electron chi connectivity index (χ2n) is 6.94. The molecular weight excluding hydrogens is 423 g/mol. The Morgan fingerprint density at radius 3 is 2.10 bits per heavy atom. The number of ether oxygens (including phenoxy) is 1. The Morgan fingerprint density at radius 2 is 1.50 bits per heavy atom. The topological polar surface area (TPSA) is 75.2 Å². The molecule has 0 atom stereocenters. The lowest BCUT2D eigenvalue weighted by Crippen LogP contribution is -2.21. The van der Waals surface area contributed by atoms with Crippen LogP contribution in [0.3, 0.4) is 0 Å². The largest absolute Gasteiger partial charge is 0.495 e. The van der Waals surface area contributed by atoms with Crippen molar-refractivity contribution in [3.05, 3.63) is 53.1 Å². The molecule has 0 bridgehead atoms. The Morgan fingerprint density at radius 1 is 0.900 bits per heavy atom. The maximum absolute atomic E-state index is 6.24. The molecule has 2 heterocycles. The first-order chi connectivity index (χ1) is 14.1. The highest BCUT2D eigenvalue weighted by Gasteiger charge is 2.18. The molecule has 158 valence electrons. The molecule has 9 heteroatoms. The van der Waals surface area contributed by atoms with Crippen LogP contribution >= 0.6 is 24.0 Å². The maximum Gasteiger partial charge on any atom is 0.233 e. The SMILES string of the molecule is COc1ccc(Nc2nc(Nc3ccc(C)cc3)nc(N3CCCC3)n2)cc1Cl.Cl. The molecule has 1 saturated heterocycles. The van der Waals surface area contributed by atoms with E-state index in [0.29, 0.717) is 28.6 Å². The number of nitrogens with one attached hydrogen (secondary N) is 2. The minimum atomic E-state index is 0. The first kappa shape index (κ1) is 21.9. The molecule has 0 amide bonds. The number of hydrogen-bond donors (Lipinski definition) is 2. The highest BCUT2D eigenvalue weighted by atomic mass is 35.5. The van der Waals surface area contributed by atoms with E-state index in [-0.39, 0.29) is 12.4 Å². The predicted octanol–water partition coefficient (Wildman–Crippen LogP) is 5.35. The van der Waals surface area contributed by atoms with E-state index in [1.165, 1.54) is 5.56 Å². The standard InChI is InChI=1S/C21H23ClN6O.ClH/c1-14-5-7-15(8-6-14)23-19-25-20(27-21(26-19)28-11-3-4-12-28)24-16-9-10-18(29-2)17(22)13-16;/h5-10,13H,3-4,11-12H2,1-2H3,(H2,23,24,25,26,27);1H. The van der Waals surface area contributed by atoms with Crippen LogP contribution in [0.1, 0.15) is 18.4 Å². The Hall–Kier alpha value is -2.77. The number of rotatable bonds is 6. The molecule has 3 aromatic rings. The van der Waals surface area contributed by atoms with E-state index in [1.807, 2.05) is 30.3 Å². The van der Waals surface area contributed by atoms with Crippen LogP contribution in [0, 0.1) is 6.92 Å². The van der Waals surface area contributed by atoms with Crippen molar-refractivity contribution in [2.24, 2.45) is 0 Å². The second-order valence-corrected chi connectivity index (χ2v) is 7.35. The van der Waals surface area contributed by atoms with Gasteiger partial charge in [-0.15, -0.1) is 12.4 Å². The summed E-state index contributed by atoms with van der Waals surface area (Å²) in [4.78, 5) is 16.0. The lowest BCUT2D eigenvalue weighted by atomic mass is 10.2. The number of nitrogens with zero attached hydrogens (tertiary/aromatic N) is 4. The number of benzene rings is 2. The van der Waals surface area contributed by atoms with E-state index in [2.05, 4.69) is 37.4 Å². The van der Waals surface area contributed by atoms with Crippen molar-refractivity contribution in [2.75, 3.05) is 35.7 Å². The first-order valence-electron chi connectivity index (χ1n) is 9.56. The van der Waals surface area contributed by atoms with Gasteiger partial charge in [-0.3, -0.25) is 0 Å². The van der Waals surface area contributed by atoms with Gasteiger partial charge in [0.1, 0.15) is 5.75 Å². The van der Waals surface area contributed by atoms with Crippen molar-refractivity contribution in [3.8, 4) is 5.75 Å². The minimum absolute atomic E-state index is 0. The summed E-state index contributed by atoms with van der Waals surface area (Å²) in [5.74, 6) is 2.23. The molecule has 1 aliphatic rings. The zero-order valence-electron chi connectivity index (χ0n) is 16.9. The van der Waals surface area contributed by atoms with Gasteiger partial charge >= 0.3 is 0 Å². The van der Waals surface area contributed by atoms with Crippen LogP contribution in [-0.4, -0.2) is 35.2 Å². The number of anilines is 5. The van der Waals surface area contributed by atoms with Gasteiger partial charge in [-0.25, -0.2) is 0 Å². The quantitative estimate of drug-likeness (QED) is 0.528. The summed E-state index contributed by atoms with van der Waals surface area (Å²) >= 11 is 6.24. The summed E-state index contributed by atoms with van der Waals surface area (Å²) in [5, 5.41) is 7.02. The highest BCUT2D eigenvalue weighted by molar-refractivity contribution is 6.32. The summed E-state index contributed by atoms with van der Waals surface area (Å²) in [6.07, 6.45) is 2.28. The van der Waals surface area contributed by atoms with Crippen LogP contribution in [0.5, 0.6) is 5.75 Å². The normalized spacial score (nSPS) is 13.0. The second kappa shape index (κ2) is 9.82. The van der Waals surface area contributed by atoms with Crippen molar-refractivity contribution in [3.63, 3.8) is 0 Å². The molecule has 0 radical (unpaired) electrons. The Balaban J connectivity index is 0.00000256. The van der Waals surface area contributed by atoms with E-state index >= 15 is 0 Å². The van der Waals surface area contributed by atoms with Gasteiger partial charge in [0.2, 0.25) is 17.8 Å². The van der Waals surface area contributed by atoms with Crippen LogP contribution in [0.4, 0.5) is 29.2 Å². The number of halogens is 2. The summed E-state index contributed by atoms with van der Waals surface area (Å²) in [6.45, 7) is 3.95. The lowest BCUT2D eigenvalue weighted by molar-refractivity contribution is 0.415. The molecule has 1 aromatic heterocycles. The molecule has 0 saturated carbocycles. The van der Waals surface area contributed by atoms with Gasteiger partial charge in [-0.2, -0.15) is 15.0 Å². The van der Waals surface area contributed by atoms with E-state index in [4.69, 9.17) is 16.3 Å². The molecule has 7 nitrogen and oxygen atoms in total. The molecule has 1 aliphatic heterocycles. The zero-order valence-corrected chi connectivity index (χ0v) is 18.4. The molecule has 0 aliphatic carbocycles. The number of hydrogen-bond acceptors (Lipinski definition) is 7. The maximum atomic E-state index is 6.24. The van der Waals surface area contributed by atoms with Crippen LogP contribution in [-0.2, 0) is 0 Å². The fourth-order valence-electron chi connectivity index (χ4n) is 3.17. The third-order valence-electron chi connectivity index (χ3n) is 4.73. The zero-order chi connectivity index (χ0) is 20.2. The van der Waals surface area contributed by atoms with Crippen LogP contribution in [0.25, 0.3) is 0 Å². The van der Waals surface area contributed by atoms with Crippen LogP contribution in [0.2, 0.25) is 5.02 Å². The number of aryl methyl sites for hydroxylation is 1. The predicted molar refractivity (Wildman–Crippen MR) is 124 cm³/mol. The third-order valence-corrected chi connectivity index (χ3v) is 5.02. The van der Waals surface area contributed by atoms with E-state index in [9.17, 15) is 0 Å². The van der Waals surface area contributed by atoms with Gasteiger partial charge in [0.25, 0.3) is 0 Å². The molecule has 1 fully saturated rings. The Bertz CT molecular complexity index is 993. The number of aromatic nitrogens is 3. The number of methoxy groups -OCH3 is 1. The minimum Gasteiger partial charge on any atom is -0.495 e. The average Bonchev–Trinajstić information content (AvgIpc) is 3.25. The molecular formula is C21H24Cl2N6O. The first-order valence-corrected chi connectivity index (χ1v) is 9.94. The van der Waals surface area contributed by atoms with Gasteiger partial charge in [0, 0.05) is 24.5 Å². The summed E-state index contributed by atoms with van der Waals surface area (Å²) in [5.41, 5.74) is 2.89. The highest BCUT2D eigenvalue weighted by Crippen LogP contribution is 2.29. The molecule has 30 heavy (non-hydrogen) atoms. The monoisotopic (exact) mass is 446 g/mol. The smallest absolute Gasteiger partial charge is 0.233 e. The molecule has 2 N–H and O–H groups in total. The summed E-state index contributed by atoms with van der Waals surface area (Å²) in [7, 11) is 1.59. The van der Waals surface area contributed by atoms with Gasteiger partial charge in [-0.1, -0.05) is 29.3 Å². The molecule has 2 aromatic carbocycles. The summed E-state index contributed by atoms with van der Waals surface area (Å²) in [6, 6.07) is 13.6. The Labute approximate surface area is 187 Å². The van der Waals surface area contributed by atoms with Crippen molar-refractivity contribution in [2.45, 2.75) is 19.8 Å². The van der Waals surface area contributed by atoms with Crippen molar-refractivity contribution >= 4 is 53.2 Å².